The minimum absolute atomic E-state index is 0.00980. The Bertz CT molecular complexity index is 1730. The number of aromatic nitrogens is 5. The molecule has 0 bridgehead atoms. The molecule has 3 N–H and O–H groups in total. The summed E-state index contributed by atoms with van der Waals surface area (Å²) >= 11 is 0. The van der Waals surface area contributed by atoms with Crippen LogP contribution in [-0.2, 0) is 9.47 Å². The van der Waals surface area contributed by atoms with Crippen molar-refractivity contribution in [3.05, 3.63) is 83.0 Å². The van der Waals surface area contributed by atoms with E-state index >= 15 is 8.78 Å². The van der Waals surface area contributed by atoms with Crippen molar-refractivity contribution < 1.29 is 28.1 Å². The van der Waals surface area contributed by atoms with Crippen molar-refractivity contribution in [3.63, 3.8) is 0 Å². The summed E-state index contributed by atoms with van der Waals surface area (Å²) in [7, 11) is 0. The number of aliphatic hydroxyl groups excluding tert-OH is 1. The van der Waals surface area contributed by atoms with Gasteiger partial charge in [-0.3, -0.25) is 4.98 Å². The van der Waals surface area contributed by atoms with E-state index in [0.29, 0.717) is 11.3 Å². The Kier molecular flexibility index (Phi) is 5.54. The molecule has 0 aliphatic carbocycles. The SMILES string of the molecule is O=c1[nH]cnn1-c1ccc(-c2ccc(-c3c(F)cc4[nH]c(O[C@@H]5CO[C@H]6[C@@H]5OC[C@H]6O)nc4c3F)cc2)cc1. The second-order valence-electron chi connectivity index (χ2n) is 9.44. The van der Waals surface area contributed by atoms with E-state index in [0.717, 1.165) is 11.1 Å². The monoisotopic (exact) mass is 533 g/mol. The van der Waals surface area contributed by atoms with E-state index in [9.17, 15) is 9.90 Å². The molecule has 3 aromatic carbocycles. The van der Waals surface area contributed by atoms with Crippen LogP contribution in [0.15, 0.2) is 65.7 Å². The summed E-state index contributed by atoms with van der Waals surface area (Å²) in [6.07, 6.45) is -0.902. The fourth-order valence-electron chi connectivity index (χ4n) is 5.13. The van der Waals surface area contributed by atoms with Crippen molar-refractivity contribution in [2.45, 2.75) is 24.4 Å². The predicted molar refractivity (Wildman–Crippen MR) is 135 cm³/mol. The summed E-state index contributed by atoms with van der Waals surface area (Å²) in [5.41, 5.74) is 2.19. The summed E-state index contributed by atoms with van der Waals surface area (Å²) in [4.78, 5) is 21.3. The predicted octanol–water partition coefficient (Wildman–Crippen LogP) is 2.96. The fraction of sp³-hybridized carbons (Fsp3) is 0.222. The minimum Gasteiger partial charge on any atom is -0.456 e. The van der Waals surface area contributed by atoms with Gasteiger partial charge in [0.1, 0.15) is 36.0 Å². The van der Waals surface area contributed by atoms with Gasteiger partial charge < -0.3 is 24.3 Å². The van der Waals surface area contributed by atoms with Gasteiger partial charge in [0.2, 0.25) is 0 Å². The van der Waals surface area contributed by atoms with E-state index in [1.54, 1.807) is 36.4 Å². The van der Waals surface area contributed by atoms with Crippen LogP contribution in [-0.4, -0.2) is 67.5 Å². The first-order valence-corrected chi connectivity index (χ1v) is 12.3. The van der Waals surface area contributed by atoms with Crippen LogP contribution in [0, 0.1) is 11.6 Å². The van der Waals surface area contributed by atoms with Crippen LogP contribution < -0.4 is 10.4 Å². The van der Waals surface area contributed by atoms with Crippen LogP contribution in [0.2, 0.25) is 0 Å². The number of nitrogens with zero attached hydrogens (tertiary/aromatic N) is 3. The van der Waals surface area contributed by atoms with E-state index in [1.807, 2.05) is 12.1 Å². The van der Waals surface area contributed by atoms with Crippen molar-refractivity contribution in [3.8, 4) is 34.0 Å². The maximum absolute atomic E-state index is 15.5. The first-order valence-electron chi connectivity index (χ1n) is 12.3. The summed E-state index contributed by atoms with van der Waals surface area (Å²) in [6, 6.07) is 15.2. The van der Waals surface area contributed by atoms with Gasteiger partial charge in [0.05, 0.1) is 30.0 Å². The number of rotatable bonds is 5. The van der Waals surface area contributed by atoms with Crippen LogP contribution in [0.25, 0.3) is 39.0 Å². The first kappa shape index (κ1) is 23.7. The highest BCUT2D eigenvalue weighted by molar-refractivity contribution is 5.84. The van der Waals surface area contributed by atoms with Crippen LogP contribution >= 0.6 is 0 Å². The minimum atomic E-state index is -0.814. The average Bonchev–Trinajstić information content (AvgIpc) is 3.72. The van der Waals surface area contributed by atoms with Gasteiger partial charge in [-0.1, -0.05) is 36.4 Å². The van der Waals surface area contributed by atoms with E-state index < -0.39 is 36.1 Å². The fourth-order valence-corrected chi connectivity index (χ4v) is 5.13. The number of aliphatic hydroxyl groups is 1. The third-order valence-corrected chi connectivity index (χ3v) is 7.06. The number of hydrogen-bond donors (Lipinski definition) is 3. The maximum Gasteiger partial charge on any atom is 0.347 e. The molecular formula is C27H21F2N5O5. The second-order valence-corrected chi connectivity index (χ2v) is 9.44. The van der Waals surface area contributed by atoms with Crippen LogP contribution in [0.5, 0.6) is 6.01 Å². The molecule has 0 spiro atoms. The Balaban J connectivity index is 1.14. The number of hydrogen-bond acceptors (Lipinski definition) is 7. The Morgan fingerprint density at radius 1 is 0.974 bits per heavy atom. The molecule has 2 aliphatic heterocycles. The number of imidazole rings is 1. The highest BCUT2D eigenvalue weighted by Crippen LogP contribution is 2.35. The lowest BCUT2D eigenvalue weighted by molar-refractivity contribution is 0.00706. The molecule has 0 amide bonds. The standard InChI is InChI=1S/C27H21F2N5O5/c28-17-9-18-23(33-26(32-18)39-20-11-38-24-19(35)10-37-25(20)24)22(29)21(17)15-3-1-13(2-4-15)14-5-7-16(8-6-14)34-27(36)30-12-31-34/h1-9,12,19-20,24-25,35H,10-11H2,(H,32,33)(H,30,31,36)/t19-,20-,24-,25-/m1/s1. The Labute approximate surface area is 218 Å². The number of aromatic amines is 2. The molecule has 2 fully saturated rings. The zero-order valence-corrected chi connectivity index (χ0v) is 20.2. The van der Waals surface area contributed by atoms with Crippen LogP contribution in [0.4, 0.5) is 8.78 Å². The lowest BCUT2D eigenvalue weighted by Crippen LogP contribution is -2.34. The summed E-state index contributed by atoms with van der Waals surface area (Å²) in [6.45, 7) is 0.331. The lowest BCUT2D eigenvalue weighted by atomic mass is 9.99. The second kappa shape index (κ2) is 9.12. The smallest absolute Gasteiger partial charge is 0.347 e. The largest absolute Gasteiger partial charge is 0.456 e. The molecule has 2 aromatic heterocycles. The van der Waals surface area contributed by atoms with Gasteiger partial charge in [-0.2, -0.15) is 14.8 Å². The average molecular weight is 533 g/mol. The van der Waals surface area contributed by atoms with E-state index in [2.05, 4.69) is 20.1 Å². The van der Waals surface area contributed by atoms with Gasteiger partial charge in [-0.25, -0.2) is 13.6 Å². The van der Waals surface area contributed by atoms with Crippen molar-refractivity contribution >= 4 is 11.0 Å². The molecule has 7 rings (SSSR count). The van der Waals surface area contributed by atoms with Gasteiger partial charge >= 0.3 is 5.69 Å². The Hall–Kier alpha value is -4.39. The molecule has 0 saturated carbocycles. The Morgan fingerprint density at radius 2 is 1.67 bits per heavy atom. The number of H-pyrrole nitrogens is 2. The molecule has 198 valence electrons. The zero-order chi connectivity index (χ0) is 26.7. The van der Waals surface area contributed by atoms with Gasteiger partial charge in [0.15, 0.2) is 11.9 Å². The van der Waals surface area contributed by atoms with E-state index in [-0.39, 0.29) is 41.5 Å². The van der Waals surface area contributed by atoms with Gasteiger partial charge in [0, 0.05) is 6.07 Å². The zero-order valence-electron chi connectivity index (χ0n) is 20.2. The van der Waals surface area contributed by atoms with Crippen LogP contribution in [0.3, 0.4) is 0 Å². The molecule has 5 aromatic rings. The number of fused-ring (bicyclic) bond motifs is 2. The highest BCUT2D eigenvalue weighted by atomic mass is 19.1. The number of benzene rings is 3. The molecule has 10 nitrogen and oxygen atoms in total. The number of halogens is 2. The van der Waals surface area contributed by atoms with Crippen molar-refractivity contribution in [1.82, 2.24) is 24.7 Å². The van der Waals surface area contributed by atoms with Crippen LogP contribution in [0.1, 0.15) is 0 Å². The van der Waals surface area contributed by atoms with E-state index in [1.165, 1.54) is 17.1 Å². The molecular weight excluding hydrogens is 512 g/mol. The summed E-state index contributed by atoms with van der Waals surface area (Å²) in [5.74, 6) is -1.56. The Morgan fingerprint density at radius 3 is 2.38 bits per heavy atom. The summed E-state index contributed by atoms with van der Waals surface area (Å²) < 4.78 is 48.8. The number of ether oxygens (including phenoxy) is 3. The highest BCUT2D eigenvalue weighted by Gasteiger charge is 2.48. The van der Waals surface area contributed by atoms with E-state index in [4.69, 9.17) is 14.2 Å². The maximum atomic E-state index is 15.5. The molecule has 12 heteroatoms. The molecule has 0 radical (unpaired) electrons. The molecule has 0 unspecified atom stereocenters. The quantitative estimate of drug-likeness (QED) is 0.317. The molecule has 4 heterocycles. The lowest BCUT2D eigenvalue weighted by Gasteiger charge is -2.15. The van der Waals surface area contributed by atoms with Crippen molar-refractivity contribution in [2.75, 3.05) is 13.2 Å². The molecule has 2 saturated heterocycles. The normalized spacial score (nSPS) is 22.4. The third-order valence-electron chi connectivity index (χ3n) is 7.06. The number of nitrogens with one attached hydrogen (secondary N) is 2. The van der Waals surface area contributed by atoms with Gasteiger partial charge in [-0.15, -0.1) is 0 Å². The third kappa shape index (κ3) is 4.00. The molecule has 39 heavy (non-hydrogen) atoms. The molecule has 2 aliphatic rings. The topological polar surface area (TPSA) is 127 Å². The van der Waals surface area contributed by atoms with Gasteiger partial charge in [0.25, 0.3) is 6.01 Å². The first-order chi connectivity index (χ1) is 19.0. The summed E-state index contributed by atoms with van der Waals surface area (Å²) in [5, 5.41) is 13.9. The van der Waals surface area contributed by atoms with Crippen molar-refractivity contribution in [2.24, 2.45) is 0 Å². The molecule has 4 atom stereocenters. The van der Waals surface area contributed by atoms with Crippen molar-refractivity contribution in [1.29, 1.82) is 0 Å². The van der Waals surface area contributed by atoms with Gasteiger partial charge in [-0.05, 0) is 28.8 Å².